The van der Waals surface area contributed by atoms with Crippen LogP contribution in [0.15, 0.2) is 0 Å². The lowest BCUT2D eigenvalue weighted by molar-refractivity contribution is 0.159. The predicted octanol–water partition coefficient (Wildman–Crippen LogP) is 1.03. The quantitative estimate of drug-likeness (QED) is 0.735. The molecular weight excluding hydrogens is 248 g/mol. The van der Waals surface area contributed by atoms with E-state index in [4.69, 9.17) is 0 Å². The van der Waals surface area contributed by atoms with Crippen molar-refractivity contribution in [2.45, 2.75) is 57.7 Å². The first-order valence-electron chi connectivity index (χ1n) is 7.17. The monoisotopic (exact) mass is 274 g/mol. The van der Waals surface area contributed by atoms with E-state index in [0.717, 1.165) is 19.0 Å². The molecule has 1 N–H and O–H groups in total. The average Bonchev–Trinajstić information content (AvgIpc) is 3.06. The van der Waals surface area contributed by atoms with E-state index in [-0.39, 0.29) is 6.04 Å². The lowest BCUT2D eigenvalue weighted by atomic mass is 10.1. The summed E-state index contributed by atoms with van der Waals surface area (Å²) in [5.41, 5.74) is 0. The minimum Gasteiger partial charge on any atom is -0.314 e. The highest BCUT2D eigenvalue weighted by Crippen LogP contribution is 2.19. The fourth-order valence-electron chi connectivity index (χ4n) is 2.82. The average molecular weight is 274 g/mol. The Morgan fingerprint density at radius 3 is 2.72 bits per heavy atom. The van der Waals surface area contributed by atoms with E-state index in [0.29, 0.717) is 24.1 Å². The second kappa shape index (κ2) is 5.88. The predicted molar refractivity (Wildman–Crippen MR) is 74.5 cm³/mol. The number of hydrogen-bond acceptors (Lipinski definition) is 4. The van der Waals surface area contributed by atoms with Crippen molar-refractivity contribution in [2.24, 2.45) is 0 Å². The lowest BCUT2D eigenvalue weighted by Gasteiger charge is -2.37. The highest BCUT2D eigenvalue weighted by molar-refractivity contribution is 7.91. The molecule has 106 valence electrons. The third-order valence-electron chi connectivity index (χ3n) is 4.10. The SMILES string of the molecule is CC(CCCNC1CC1)N1CCS(=O)(=O)CC1C. The minimum absolute atomic E-state index is 0.176. The van der Waals surface area contributed by atoms with Crippen LogP contribution in [0.3, 0.4) is 0 Å². The van der Waals surface area contributed by atoms with Crippen LogP contribution in [0.5, 0.6) is 0 Å². The molecule has 0 aromatic heterocycles. The van der Waals surface area contributed by atoms with E-state index >= 15 is 0 Å². The second-order valence-electron chi connectivity index (χ2n) is 5.92. The van der Waals surface area contributed by atoms with Crippen LogP contribution >= 0.6 is 0 Å². The number of hydrogen-bond donors (Lipinski definition) is 1. The molecule has 2 aliphatic rings. The van der Waals surface area contributed by atoms with Crippen molar-refractivity contribution >= 4 is 9.84 Å². The molecule has 0 aromatic carbocycles. The fourth-order valence-corrected chi connectivity index (χ4v) is 4.41. The van der Waals surface area contributed by atoms with Crippen molar-refractivity contribution in [1.29, 1.82) is 0 Å². The topological polar surface area (TPSA) is 49.4 Å². The van der Waals surface area contributed by atoms with Crippen LogP contribution in [0.4, 0.5) is 0 Å². The Labute approximate surface area is 111 Å². The van der Waals surface area contributed by atoms with Crippen molar-refractivity contribution in [3.8, 4) is 0 Å². The molecule has 0 amide bonds. The standard InChI is InChI=1S/C13H26N2O2S/c1-11(4-3-7-14-13-5-6-13)15-8-9-18(16,17)10-12(15)2/h11-14H,3-10H2,1-2H3. The summed E-state index contributed by atoms with van der Waals surface area (Å²) < 4.78 is 23.1. The Morgan fingerprint density at radius 1 is 1.39 bits per heavy atom. The van der Waals surface area contributed by atoms with Gasteiger partial charge in [-0.2, -0.15) is 0 Å². The summed E-state index contributed by atoms with van der Waals surface area (Å²) >= 11 is 0. The zero-order chi connectivity index (χ0) is 13.2. The zero-order valence-corrected chi connectivity index (χ0v) is 12.4. The molecule has 1 aliphatic heterocycles. The molecule has 0 spiro atoms. The highest BCUT2D eigenvalue weighted by atomic mass is 32.2. The van der Waals surface area contributed by atoms with E-state index in [1.807, 2.05) is 6.92 Å². The number of rotatable bonds is 6. The molecule has 2 unspecified atom stereocenters. The molecule has 2 atom stereocenters. The van der Waals surface area contributed by atoms with Gasteiger partial charge in [0.1, 0.15) is 0 Å². The molecule has 18 heavy (non-hydrogen) atoms. The summed E-state index contributed by atoms with van der Waals surface area (Å²) in [6, 6.07) is 1.46. The molecule has 2 fully saturated rings. The van der Waals surface area contributed by atoms with Gasteiger partial charge in [-0.25, -0.2) is 8.42 Å². The number of nitrogens with one attached hydrogen (secondary N) is 1. The van der Waals surface area contributed by atoms with Crippen molar-refractivity contribution in [3.63, 3.8) is 0 Å². The van der Waals surface area contributed by atoms with Gasteiger partial charge in [-0.1, -0.05) is 0 Å². The Morgan fingerprint density at radius 2 is 2.11 bits per heavy atom. The normalized spacial score (nSPS) is 30.2. The Bertz CT molecular complexity index is 365. The molecule has 1 saturated carbocycles. The molecule has 0 bridgehead atoms. The highest BCUT2D eigenvalue weighted by Gasteiger charge is 2.30. The van der Waals surface area contributed by atoms with Crippen molar-refractivity contribution in [3.05, 3.63) is 0 Å². The van der Waals surface area contributed by atoms with Gasteiger partial charge in [-0.3, -0.25) is 4.90 Å². The molecule has 1 heterocycles. The van der Waals surface area contributed by atoms with Gasteiger partial charge in [0.05, 0.1) is 11.5 Å². The van der Waals surface area contributed by atoms with Crippen LogP contribution in [-0.2, 0) is 9.84 Å². The molecule has 0 aromatic rings. The van der Waals surface area contributed by atoms with E-state index in [1.54, 1.807) is 0 Å². The van der Waals surface area contributed by atoms with Crippen molar-refractivity contribution in [1.82, 2.24) is 10.2 Å². The van der Waals surface area contributed by atoms with Crippen LogP contribution in [0.1, 0.15) is 39.5 Å². The van der Waals surface area contributed by atoms with Crippen LogP contribution in [0.25, 0.3) is 0 Å². The molecule has 4 nitrogen and oxygen atoms in total. The first-order valence-corrected chi connectivity index (χ1v) is 8.99. The smallest absolute Gasteiger partial charge is 0.153 e. The van der Waals surface area contributed by atoms with E-state index in [9.17, 15) is 8.42 Å². The molecule has 1 aliphatic carbocycles. The van der Waals surface area contributed by atoms with E-state index < -0.39 is 9.84 Å². The van der Waals surface area contributed by atoms with Gasteiger partial charge < -0.3 is 5.32 Å². The maximum Gasteiger partial charge on any atom is 0.153 e. The first kappa shape index (κ1) is 14.3. The Hall–Kier alpha value is -0.130. The second-order valence-corrected chi connectivity index (χ2v) is 8.15. The molecule has 5 heteroatoms. The largest absolute Gasteiger partial charge is 0.314 e. The van der Waals surface area contributed by atoms with Crippen LogP contribution in [-0.4, -0.2) is 56.0 Å². The van der Waals surface area contributed by atoms with Gasteiger partial charge in [0.15, 0.2) is 9.84 Å². The van der Waals surface area contributed by atoms with Gasteiger partial charge >= 0.3 is 0 Å². The Kier molecular flexibility index (Phi) is 4.67. The van der Waals surface area contributed by atoms with E-state index in [1.165, 1.54) is 19.3 Å². The van der Waals surface area contributed by atoms with Gasteiger partial charge in [-0.05, 0) is 46.1 Å². The lowest BCUT2D eigenvalue weighted by Crippen LogP contribution is -2.50. The van der Waals surface area contributed by atoms with Crippen molar-refractivity contribution < 1.29 is 8.42 Å². The summed E-state index contributed by atoms with van der Waals surface area (Å²) in [5, 5.41) is 3.52. The van der Waals surface area contributed by atoms with Gasteiger partial charge in [0.2, 0.25) is 0 Å². The van der Waals surface area contributed by atoms with Crippen LogP contribution in [0.2, 0.25) is 0 Å². The van der Waals surface area contributed by atoms with Gasteiger partial charge in [0, 0.05) is 24.7 Å². The molecule has 0 radical (unpaired) electrons. The summed E-state index contributed by atoms with van der Waals surface area (Å²) in [4.78, 5) is 2.36. The zero-order valence-electron chi connectivity index (χ0n) is 11.6. The summed E-state index contributed by atoms with van der Waals surface area (Å²) in [7, 11) is -2.78. The van der Waals surface area contributed by atoms with Crippen molar-refractivity contribution in [2.75, 3.05) is 24.6 Å². The van der Waals surface area contributed by atoms with Gasteiger partial charge in [0.25, 0.3) is 0 Å². The number of nitrogens with zero attached hydrogens (tertiary/aromatic N) is 1. The maximum atomic E-state index is 11.5. The molecular formula is C13H26N2O2S. The molecule has 2 rings (SSSR count). The summed E-state index contributed by atoms with van der Waals surface area (Å²) in [6.45, 7) is 6.08. The third-order valence-corrected chi connectivity index (χ3v) is 5.89. The summed E-state index contributed by atoms with van der Waals surface area (Å²) in [5.74, 6) is 0.666. The summed E-state index contributed by atoms with van der Waals surface area (Å²) in [6.07, 6.45) is 5.03. The van der Waals surface area contributed by atoms with Crippen LogP contribution in [0, 0.1) is 0 Å². The van der Waals surface area contributed by atoms with E-state index in [2.05, 4.69) is 17.1 Å². The fraction of sp³-hybridized carbons (Fsp3) is 1.00. The Balaban J connectivity index is 1.69. The number of sulfone groups is 1. The van der Waals surface area contributed by atoms with Crippen LogP contribution < -0.4 is 5.32 Å². The van der Waals surface area contributed by atoms with Gasteiger partial charge in [-0.15, -0.1) is 0 Å². The third kappa shape index (κ3) is 4.21. The minimum atomic E-state index is -2.78. The first-order chi connectivity index (χ1) is 8.48. The molecule has 1 saturated heterocycles. The maximum absolute atomic E-state index is 11.5.